The predicted octanol–water partition coefficient (Wildman–Crippen LogP) is 2.65. The van der Waals surface area contributed by atoms with Gasteiger partial charge in [0.05, 0.1) is 17.9 Å². The molecule has 4 rings (SSSR count). The lowest BCUT2D eigenvalue weighted by Crippen LogP contribution is -2.22. The quantitative estimate of drug-likeness (QED) is 0.749. The van der Waals surface area contributed by atoms with Gasteiger partial charge in [-0.2, -0.15) is 5.10 Å². The monoisotopic (exact) mass is 336 g/mol. The summed E-state index contributed by atoms with van der Waals surface area (Å²) in [6, 6.07) is 14.8. The van der Waals surface area contributed by atoms with Crippen LogP contribution in [-0.4, -0.2) is 29.0 Å². The second kappa shape index (κ2) is 6.56. The maximum atomic E-state index is 12.2. The number of ether oxygens (including phenoxy) is 2. The molecule has 0 saturated carbocycles. The minimum atomic E-state index is -0.158. The number of amides is 1. The van der Waals surface area contributed by atoms with Crippen LogP contribution in [-0.2, 0) is 4.79 Å². The molecule has 1 amide bonds. The van der Waals surface area contributed by atoms with Crippen LogP contribution < -0.4 is 20.1 Å². The van der Waals surface area contributed by atoms with E-state index in [2.05, 4.69) is 15.7 Å². The lowest BCUT2D eigenvalue weighted by Gasteiger charge is -2.12. The highest BCUT2D eigenvalue weighted by molar-refractivity contribution is 5.94. The maximum Gasteiger partial charge on any atom is 0.243 e. The Morgan fingerprint density at radius 2 is 2.00 bits per heavy atom. The standard InChI is InChI=1S/C18H16N4O3/c23-18(21-13-6-7-16-17(10-13)25-12-24-16)11-19-14-4-1-2-5-15(14)22-9-3-8-20-22/h1-10,19H,11-12H2,(H,21,23). The van der Waals surface area contributed by atoms with Gasteiger partial charge in [-0.25, -0.2) is 4.68 Å². The third-order valence-corrected chi connectivity index (χ3v) is 3.75. The number of hydrogen-bond acceptors (Lipinski definition) is 5. The Labute approximate surface area is 144 Å². The Morgan fingerprint density at radius 1 is 1.12 bits per heavy atom. The van der Waals surface area contributed by atoms with E-state index in [0.717, 1.165) is 11.4 Å². The van der Waals surface area contributed by atoms with Crippen LogP contribution in [0.1, 0.15) is 0 Å². The zero-order valence-corrected chi connectivity index (χ0v) is 13.3. The van der Waals surface area contributed by atoms with E-state index < -0.39 is 0 Å². The first-order valence-electron chi connectivity index (χ1n) is 7.82. The molecule has 2 aromatic carbocycles. The first kappa shape index (κ1) is 15.1. The van der Waals surface area contributed by atoms with Crippen LogP contribution in [0.5, 0.6) is 11.5 Å². The Hall–Kier alpha value is -3.48. The molecule has 1 aliphatic heterocycles. The van der Waals surface area contributed by atoms with E-state index in [9.17, 15) is 4.79 Å². The molecule has 1 aliphatic rings. The highest BCUT2D eigenvalue weighted by Crippen LogP contribution is 2.34. The van der Waals surface area contributed by atoms with Crippen molar-refractivity contribution in [1.82, 2.24) is 9.78 Å². The molecule has 0 fully saturated rings. The van der Waals surface area contributed by atoms with Crippen molar-refractivity contribution in [2.24, 2.45) is 0 Å². The lowest BCUT2D eigenvalue weighted by atomic mass is 10.2. The van der Waals surface area contributed by atoms with Crippen LogP contribution in [0.4, 0.5) is 11.4 Å². The number of hydrogen-bond donors (Lipinski definition) is 2. The fraction of sp³-hybridized carbons (Fsp3) is 0.111. The number of benzene rings is 2. The highest BCUT2D eigenvalue weighted by Gasteiger charge is 2.14. The summed E-state index contributed by atoms with van der Waals surface area (Å²) in [6.07, 6.45) is 3.57. The number of nitrogens with zero attached hydrogens (tertiary/aromatic N) is 2. The number of carbonyl (C=O) groups excluding carboxylic acids is 1. The molecule has 3 aromatic rings. The molecule has 25 heavy (non-hydrogen) atoms. The molecule has 0 bridgehead atoms. The zero-order chi connectivity index (χ0) is 17.1. The smallest absolute Gasteiger partial charge is 0.243 e. The first-order chi connectivity index (χ1) is 12.3. The molecule has 0 saturated heterocycles. The second-order valence-corrected chi connectivity index (χ2v) is 5.44. The molecule has 0 aliphatic carbocycles. The third-order valence-electron chi connectivity index (χ3n) is 3.75. The molecule has 0 spiro atoms. The Bertz CT molecular complexity index is 893. The minimum Gasteiger partial charge on any atom is -0.454 e. The van der Waals surface area contributed by atoms with Gasteiger partial charge >= 0.3 is 0 Å². The van der Waals surface area contributed by atoms with Gasteiger partial charge in [-0.3, -0.25) is 4.79 Å². The number of carbonyl (C=O) groups is 1. The normalized spacial score (nSPS) is 12.0. The van der Waals surface area contributed by atoms with Gasteiger partial charge in [-0.05, 0) is 30.3 Å². The van der Waals surface area contributed by atoms with Crippen molar-refractivity contribution < 1.29 is 14.3 Å². The van der Waals surface area contributed by atoms with E-state index in [1.807, 2.05) is 36.5 Å². The average Bonchev–Trinajstić information content (AvgIpc) is 3.31. The second-order valence-electron chi connectivity index (χ2n) is 5.44. The molecule has 2 N–H and O–H groups in total. The Balaban J connectivity index is 1.41. The SMILES string of the molecule is O=C(CNc1ccccc1-n1cccn1)Nc1ccc2c(c1)OCO2. The molecule has 0 radical (unpaired) electrons. The largest absolute Gasteiger partial charge is 0.454 e. The molecular formula is C18H16N4O3. The van der Waals surface area contributed by atoms with Gasteiger partial charge in [-0.1, -0.05) is 12.1 Å². The third kappa shape index (κ3) is 3.25. The van der Waals surface area contributed by atoms with Gasteiger partial charge in [0.2, 0.25) is 12.7 Å². The topological polar surface area (TPSA) is 77.4 Å². The zero-order valence-electron chi connectivity index (χ0n) is 13.3. The highest BCUT2D eigenvalue weighted by atomic mass is 16.7. The molecule has 126 valence electrons. The summed E-state index contributed by atoms with van der Waals surface area (Å²) in [5.74, 6) is 1.16. The molecule has 7 heteroatoms. The van der Waals surface area contributed by atoms with Gasteiger partial charge in [0, 0.05) is 24.1 Å². The number of para-hydroxylation sites is 2. The van der Waals surface area contributed by atoms with Gasteiger partial charge in [0.15, 0.2) is 11.5 Å². The minimum absolute atomic E-state index is 0.132. The Kier molecular flexibility index (Phi) is 3.96. The fourth-order valence-electron chi connectivity index (χ4n) is 2.59. The molecule has 1 aromatic heterocycles. The van der Waals surface area contributed by atoms with E-state index in [1.54, 1.807) is 29.1 Å². The molecule has 0 atom stereocenters. The summed E-state index contributed by atoms with van der Waals surface area (Å²) >= 11 is 0. The van der Waals surface area contributed by atoms with E-state index in [-0.39, 0.29) is 19.2 Å². The summed E-state index contributed by atoms with van der Waals surface area (Å²) in [5.41, 5.74) is 2.37. The maximum absolute atomic E-state index is 12.2. The molecule has 2 heterocycles. The van der Waals surface area contributed by atoms with Gasteiger partial charge in [0.25, 0.3) is 0 Å². The fourth-order valence-corrected chi connectivity index (χ4v) is 2.59. The predicted molar refractivity (Wildman–Crippen MR) is 93.2 cm³/mol. The van der Waals surface area contributed by atoms with Crippen molar-refractivity contribution in [2.75, 3.05) is 24.0 Å². The Morgan fingerprint density at radius 3 is 2.88 bits per heavy atom. The number of nitrogens with one attached hydrogen (secondary N) is 2. The summed E-state index contributed by atoms with van der Waals surface area (Å²) < 4.78 is 12.3. The van der Waals surface area contributed by atoms with E-state index >= 15 is 0 Å². The van der Waals surface area contributed by atoms with Crippen LogP contribution in [0.25, 0.3) is 5.69 Å². The van der Waals surface area contributed by atoms with Crippen LogP contribution in [0.3, 0.4) is 0 Å². The number of anilines is 2. The van der Waals surface area contributed by atoms with Crippen molar-refractivity contribution in [2.45, 2.75) is 0 Å². The van der Waals surface area contributed by atoms with E-state index in [0.29, 0.717) is 17.2 Å². The van der Waals surface area contributed by atoms with Gasteiger partial charge in [-0.15, -0.1) is 0 Å². The van der Waals surface area contributed by atoms with E-state index in [4.69, 9.17) is 9.47 Å². The summed E-state index contributed by atoms with van der Waals surface area (Å²) in [5, 5.41) is 10.2. The van der Waals surface area contributed by atoms with E-state index in [1.165, 1.54) is 0 Å². The molecule has 0 unspecified atom stereocenters. The average molecular weight is 336 g/mol. The lowest BCUT2D eigenvalue weighted by molar-refractivity contribution is -0.114. The number of rotatable bonds is 5. The van der Waals surface area contributed by atoms with Crippen molar-refractivity contribution in [3.8, 4) is 17.2 Å². The van der Waals surface area contributed by atoms with Crippen molar-refractivity contribution >= 4 is 17.3 Å². The van der Waals surface area contributed by atoms with Crippen molar-refractivity contribution in [3.05, 3.63) is 60.9 Å². The molecular weight excluding hydrogens is 320 g/mol. The van der Waals surface area contributed by atoms with Crippen LogP contribution in [0.15, 0.2) is 60.9 Å². The van der Waals surface area contributed by atoms with Gasteiger partial charge < -0.3 is 20.1 Å². The number of aromatic nitrogens is 2. The summed E-state index contributed by atoms with van der Waals surface area (Å²) in [7, 11) is 0. The van der Waals surface area contributed by atoms with Crippen LogP contribution >= 0.6 is 0 Å². The summed E-state index contributed by atoms with van der Waals surface area (Å²) in [6.45, 7) is 0.339. The van der Waals surface area contributed by atoms with Crippen molar-refractivity contribution in [3.63, 3.8) is 0 Å². The van der Waals surface area contributed by atoms with Gasteiger partial charge in [0.1, 0.15) is 0 Å². The first-order valence-corrected chi connectivity index (χ1v) is 7.82. The summed E-state index contributed by atoms with van der Waals surface area (Å²) in [4.78, 5) is 12.2. The molecule has 7 nitrogen and oxygen atoms in total. The number of fused-ring (bicyclic) bond motifs is 1. The van der Waals surface area contributed by atoms with Crippen LogP contribution in [0.2, 0.25) is 0 Å². The van der Waals surface area contributed by atoms with Crippen molar-refractivity contribution in [1.29, 1.82) is 0 Å². The van der Waals surface area contributed by atoms with Crippen LogP contribution in [0, 0.1) is 0 Å².